The number of carbonyl (C=O) groups is 2. The summed E-state index contributed by atoms with van der Waals surface area (Å²) in [6.07, 6.45) is 1.73. The summed E-state index contributed by atoms with van der Waals surface area (Å²) in [5, 5.41) is 4.19. The second-order valence-electron chi connectivity index (χ2n) is 6.75. The molecule has 2 aromatic carbocycles. The number of fused-ring (bicyclic) bond motifs is 1. The van der Waals surface area contributed by atoms with Gasteiger partial charge in [-0.3, -0.25) is 9.59 Å². The molecule has 3 aromatic rings. The zero-order valence-electron chi connectivity index (χ0n) is 16.0. The summed E-state index contributed by atoms with van der Waals surface area (Å²) in [5.41, 5.74) is 2.06. The number of nitrogens with one attached hydrogen (secondary N) is 3. The second kappa shape index (κ2) is 8.46. The Morgan fingerprint density at radius 3 is 2.75 bits per heavy atom. The van der Waals surface area contributed by atoms with E-state index >= 15 is 0 Å². The van der Waals surface area contributed by atoms with E-state index in [4.69, 9.17) is 16.3 Å². The molecule has 0 aliphatic carbocycles. The molecule has 146 valence electrons. The molecule has 7 heteroatoms. The normalized spacial score (nSPS) is 13.1. The van der Waals surface area contributed by atoms with Crippen molar-refractivity contribution in [1.82, 2.24) is 4.98 Å². The first-order valence-electron chi connectivity index (χ1n) is 8.96. The lowest BCUT2D eigenvalue weighted by atomic mass is 10.0. The van der Waals surface area contributed by atoms with Crippen LogP contribution in [0.3, 0.4) is 0 Å². The highest BCUT2D eigenvalue weighted by Crippen LogP contribution is 2.27. The fourth-order valence-electron chi connectivity index (χ4n) is 3.11. The summed E-state index contributed by atoms with van der Waals surface area (Å²) in [4.78, 5) is 29.3. The number of quaternary nitrogens is 1. The number of carbonyl (C=O) groups excluding carboxylic acids is 2. The molecule has 28 heavy (non-hydrogen) atoms. The minimum absolute atomic E-state index is 0.0110. The summed E-state index contributed by atoms with van der Waals surface area (Å²) in [5.74, 6) is 0.290. The van der Waals surface area contributed by atoms with Crippen molar-refractivity contribution in [2.45, 2.75) is 13.0 Å². The molecule has 6 nitrogen and oxygen atoms in total. The standard InChI is InChI=1S/C21H22ClN3O3/c1-13(21(27)16-11-23-17-7-5-4-6-15(16)17)25(2)12-20(26)24-18-10-14(22)8-9-19(18)28-3/h4-11,13,23H,12H2,1-3H3,(H,24,26)/p+1/t13-/m1/s1. The third-order valence-electron chi connectivity index (χ3n) is 4.86. The van der Waals surface area contributed by atoms with Crippen molar-refractivity contribution in [3.05, 3.63) is 59.2 Å². The van der Waals surface area contributed by atoms with Gasteiger partial charge in [0.15, 0.2) is 6.54 Å². The summed E-state index contributed by atoms with van der Waals surface area (Å²) >= 11 is 6.00. The molecule has 1 heterocycles. The molecule has 0 aliphatic heterocycles. The summed E-state index contributed by atoms with van der Waals surface area (Å²) in [7, 11) is 3.35. The minimum Gasteiger partial charge on any atom is -0.495 e. The second-order valence-corrected chi connectivity index (χ2v) is 7.19. The number of aromatic amines is 1. The minimum atomic E-state index is -0.383. The number of halogens is 1. The van der Waals surface area contributed by atoms with Gasteiger partial charge in [-0.1, -0.05) is 29.8 Å². The lowest BCUT2D eigenvalue weighted by Crippen LogP contribution is -3.14. The van der Waals surface area contributed by atoms with Gasteiger partial charge in [-0.2, -0.15) is 0 Å². The number of ketones is 1. The quantitative estimate of drug-likeness (QED) is 0.533. The maximum atomic E-state index is 12.9. The molecule has 0 aliphatic rings. The lowest BCUT2D eigenvalue weighted by molar-refractivity contribution is -0.885. The molecular weight excluding hydrogens is 378 g/mol. The van der Waals surface area contributed by atoms with E-state index < -0.39 is 0 Å². The highest BCUT2D eigenvalue weighted by atomic mass is 35.5. The van der Waals surface area contributed by atoms with E-state index in [0.717, 1.165) is 15.8 Å². The van der Waals surface area contributed by atoms with E-state index in [9.17, 15) is 9.59 Å². The third kappa shape index (κ3) is 4.18. The van der Waals surface area contributed by atoms with Crippen LogP contribution in [0, 0.1) is 0 Å². The summed E-state index contributed by atoms with van der Waals surface area (Å²) in [6, 6.07) is 12.3. The zero-order chi connectivity index (χ0) is 20.3. The first kappa shape index (κ1) is 19.9. The number of rotatable bonds is 7. The molecule has 0 saturated carbocycles. The Balaban J connectivity index is 1.68. The Labute approximate surface area is 168 Å². The van der Waals surface area contributed by atoms with Gasteiger partial charge in [-0.25, -0.2) is 0 Å². The Morgan fingerprint density at radius 2 is 2.00 bits per heavy atom. The van der Waals surface area contributed by atoms with Gasteiger partial charge < -0.3 is 19.9 Å². The topological polar surface area (TPSA) is 75.6 Å². The van der Waals surface area contributed by atoms with Gasteiger partial charge in [0.25, 0.3) is 5.91 Å². The lowest BCUT2D eigenvalue weighted by Gasteiger charge is -2.20. The van der Waals surface area contributed by atoms with Gasteiger partial charge in [-0.05, 0) is 31.2 Å². The van der Waals surface area contributed by atoms with Crippen LogP contribution in [-0.4, -0.2) is 43.4 Å². The van der Waals surface area contributed by atoms with Crippen LogP contribution in [0.4, 0.5) is 5.69 Å². The van der Waals surface area contributed by atoms with Crippen molar-refractivity contribution < 1.29 is 19.2 Å². The number of benzene rings is 2. The number of H-pyrrole nitrogens is 1. The maximum absolute atomic E-state index is 12.9. The molecule has 0 radical (unpaired) electrons. The average Bonchev–Trinajstić information content (AvgIpc) is 3.11. The summed E-state index contributed by atoms with van der Waals surface area (Å²) < 4.78 is 5.24. The Kier molecular flexibility index (Phi) is 6.02. The molecule has 1 amide bonds. The van der Waals surface area contributed by atoms with Crippen LogP contribution in [-0.2, 0) is 4.79 Å². The van der Waals surface area contributed by atoms with Crippen LogP contribution in [0.1, 0.15) is 17.3 Å². The Bertz CT molecular complexity index is 1020. The Morgan fingerprint density at radius 1 is 1.25 bits per heavy atom. The van der Waals surface area contributed by atoms with E-state index in [-0.39, 0.29) is 24.3 Å². The number of hydrogen-bond acceptors (Lipinski definition) is 3. The van der Waals surface area contributed by atoms with E-state index in [1.807, 2.05) is 38.2 Å². The molecule has 0 fully saturated rings. The number of aromatic nitrogens is 1. The molecule has 0 spiro atoms. The number of amides is 1. The van der Waals surface area contributed by atoms with Gasteiger partial charge in [-0.15, -0.1) is 0 Å². The van der Waals surface area contributed by atoms with Crippen molar-refractivity contribution in [3.63, 3.8) is 0 Å². The van der Waals surface area contributed by atoms with Gasteiger partial charge in [0, 0.05) is 27.7 Å². The molecule has 3 N–H and O–H groups in total. The molecular formula is C21H23ClN3O3+. The van der Waals surface area contributed by atoms with Gasteiger partial charge >= 0.3 is 0 Å². The fraction of sp³-hybridized carbons (Fsp3) is 0.238. The molecule has 1 aromatic heterocycles. The van der Waals surface area contributed by atoms with Crippen LogP contribution in [0.2, 0.25) is 5.02 Å². The predicted octanol–water partition coefficient (Wildman–Crippen LogP) is 2.55. The molecule has 2 atom stereocenters. The molecule has 3 rings (SSSR count). The first-order valence-corrected chi connectivity index (χ1v) is 9.34. The molecule has 0 bridgehead atoms. The molecule has 1 unspecified atom stereocenters. The largest absolute Gasteiger partial charge is 0.495 e. The van der Waals surface area contributed by atoms with E-state index in [0.29, 0.717) is 22.0 Å². The number of Topliss-reactive ketones (excluding diaryl/α,β-unsaturated/α-hetero) is 1. The number of anilines is 1. The van der Waals surface area contributed by atoms with Crippen LogP contribution >= 0.6 is 11.6 Å². The van der Waals surface area contributed by atoms with Crippen molar-refractivity contribution in [2.24, 2.45) is 0 Å². The van der Waals surface area contributed by atoms with E-state index in [2.05, 4.69) is 10.3 Å². The van der Waals surface area contributed by atoms with Crippen LogP contribution in [0.15, 0.2) is 48.7 Å². The highest BCUT2D eigenvalue weighted by Gasteiger charge is 2.27. The van der Waals surface area contributed by atoms with E-state index in [1.54, 1.807) is 24.4 Å². The van der Waals surface area contributed by atoms with Gasteiger partial charge in [0.05, 0.1) is 19.8 Å². The highest BCUT2D eigenvalue weighted by molar-refractivity contribution is 6.31. The fourth-order valence-corrected chi connectivity index (χ4v) is 3.28. The van der Waals surface area contributed by atoms with Crippen molar-refractivity contribution in [1.29, 1.82) is 0 Å². The van der Waals surface area contributed by atoms with Crippen LogP contribution in [0.5, 0.6) is 5.75 Å². The number of likely N-dealkylation sites (N-methyl/N-ethyl adjacent to an activating group) is 1. The van der Waals surface area contributed by atoms with Crippen molar-refractivity contribution in [2.75, 3.05) is 26.0 Å². The van der Waals surface area contributed by atoms with Crippen LogP contribution < -0.4 is 15.0 Å². The maximum Gasteiger partial charge on any atom is 0.279 e. The van der Waals surface area contributed by atoms with Gasteiger partial charge in [0.1, 0.15) is 11.8 Å². The molecule has 0 saturated heterocycles. The van der Waals surface area contributed by atoms with Gasteiger partial charge in [0.2, 0.25) is 5.78 Å². The monoisotopic (exact) mass is 400 g/mol. The van der Waals surface area contributed by atoms with Crippen molar-refractivity contribution in [3.8, 4) is 5.75 Å². The number of ether oxygens (including phenoxy) is 1. The van der Waals surface area contributed by atoms with E-state index in [1.165, 1.54) is 7.11 Å². The first-order chi connectivity index (χ1) is 13.4. The Hall–Kier alpha value is -2.83. The SMILES string of the molecule is COc1ccc(Cl)cc1NC(=O)C[NH+](C)[C@H](C)C(=O)c1c[nH]c2ccccc12. The number of hydrogen-bond donors (Lipinski definition) is 3. The average molecular weight is 401 g/mol. The predicted molar refractivity (Wildman–Crippen MR) is 110 cm³/mol. The summed E-state index contributed by atoms with van der Waals surface area (Å²) in [6.45, 7) is 1.96. The number of para-hydroxylation sites is 1. The van der Waals surface area contributed by atoms with Crippen molar-refractivity contribution >= 4 is 39.9 Å². The third-order valence-corrected chi connectivity index (χ3v) is 5.10. The number of methoxy groups -OCH3 is 1. The zero-order valence-corrected chi connectivity index (χ0v) is 16.8. The smallest absolute Gasteiger partial charge is 0.279 e. The van der Waals surface area contributed by atoms with Crippen LogP contribution in [0.25, 0.3) is 10.9 Å².